The molecule has 7 rings (SSSR count). The number of rotatable bonds is 6. The van der Waals surface area contributed by atoms with Crippen LogP contribution in [0.25, 0.3) is 0 Å². The van der Waals surface area contributed by atoms with Crippen LogP contribution in [0.2, 0.25) is 0 Å². The number of halogens is 2. The molecule has 3 aliphatic carbocycles. The van der Waals surface area contributed by atoms with Gasteiger partial charge in [-0.3, -0.25) is 0 Å². The second-order valence-corrected chi connectivity index (χ2v) is 21.2. The maximum Gasteiger partial charge on any atom is -1.00 e. The summed E-state index contributed by atoms with van der Waals surface area (Å²) in [6, 6.07) is 20.1. The normalized spacial score (nSPS) is 18.8. The van der Waals surface area contributed by atoms with Gasteiger partial charge >= 0.3 is 201 Å². The Balaban J connectivity index is 0.000000256. The van der Waals surface area contributed by atoms with Crippen LogP contribution in [0.5, 0.6) is 0 Å². The van der Waals surface area contributed by atoms with Crippen molar-refractivity contribution in [1.82, 2.24) is 0 Å². The maximum atomic E-state index is 2.63. The summed E-state index contributed by atoms with van der Waals surface area (Å²) in [6.45, 7) is 15.6. The van der Waals surface area contributed by atoms with Crippen molar-refractivity contribution in [2.75, 3.05) is 22.9 Å². The van der Waals surface area contributed by atoms with Crippen molar-refractivity contribution in [3.63, 3.8) is 0 Å². The topological polar surface area (TPSA) is 6.48 Å². The molecule has 53 heavy (non-hydrogen) atoms. The average Bonchev–Trinajstić information content (AvgIpc) is 3.13. The first-order chi connectivity index (χ1) is 24.8. The summed E-state index contributed by atoms with van der Waals surface area (Å²) in [4.78, 5) is 5.26. The monoisotopic (exact) mass is 862 g/mol. The predicted octanol–water partition coefficient (Wildman–Crippen LogP) is 6.75. The van der Waals surface area contributed by atoms with Crippen LogP contribution in [0.4, 0.5) is 11.4 Å². The molecule has 3 aromatic rings. The van der Waals surface area contributed by atoms with Crippen molar-refractivity contribution >= 4 is 28.3 Å². The van der Waals surface area contributed by atoms with E-state index in [4.69, 9.17) is 0 Å². The average molecular weight is 863 g/mol. The van der Waals surface area contributed by atoms with E-state index in [0.717, 1.165) is 19.5 Å². The minimum atomic E-state index is -0.105. The first kappa shape index (κ1) is 44.3. The second-order valence-electron chi connectivity index (χ2n) is 16.3. The number of hydrogen-bond donors (Lipinski definition) is 0. The molecular weight excluding hydrogens is 795 g/mol. The fourth-order valence-corrected chi connectivity index (χ4v) is 16.9. The molecule has 0 N–H and O–H groups in total. The van der Waals surface area contributed by atoms with Gasteiger partial charge < -0.3 is 24.8 Å². The zero-order chi connectivity index (χ0) is 35.7. The minimum Gasteiger partial charge on any atom is -1.00 e. The molecule has 0 unspecified atom stereocenters. The van der Waals surface area contributed by atoms with E-state index >= 15 is 0 Å². The summed E-state index contributed by atoms with van der Waals surface area (Å²) < 4.78 is 3.93. The molecule has 3 aromatic carbocycles. The van der Waals surface area contributed by atoms with Crippen molar-refractivity contribution < 1.29 is 41.0 Å². The molecule has 0 radical (unpaired) electrons. The molecule has 0 spiro atoms. The van der Waals surface area contributed by atoms with E-state index in [2.05, 4.69) is 111 Å². The molecule has 1 saturated heterocycles. The SMILES string of the molecule is C1CCC(P(C2CCCCC2)C2CCCCC2)CC1.Cc1cc(C)c(N2CCCN(c3c(C)cc(C)cc3C)[C]2=[Ru+2]=[CH]c2ccccc2)c(C)c1.[Cl-].[Cl-]. The van der Waals surface area contributed by atoms with E-state index in [1.165, 1.54) is 90.9 Å². The summed E-state index contributed by atoms with van der Waals surface area (Å²) in [5, 5.41) is 0. The molecule has 1 heterocycles. The van der Waals surface area contributed by atoms with Crippen molar-refractivity contribution in [2.45, 2.75) is 161 Å². The molecule has 2 nitrogen and oxygen atoms in total. The van der Waals surface area contributed by atoms with Crippen LogP contribution in [-0.4, -0.2) is 39.0 Å². The van der Waals surface area contributed by atoms with Crippen LogP contribution in [0.3, 0.4) is 0 Å². The van der Waals surface area contributed by atoms with Crippen molar-refractivity contribution in [2.24, 2.45) is 0 Å². The zero-order valence-electron chi connectivity index (χ0n) is 33.7. The number of anilines is 2. The molecular formula is C47H67Cl2N2PRu. The van der Waals surface area contributed by atoms with E-state index in [1.54, 1.807) is 77.0 Å². The quantitative estimate of drug-likeness (QED) is 0.200. The standard InChI is InChI=1S/C22H28N2.C18H33P.C7H6.2ClH.Ru/c1-15-10-17(3)21(18(4)11-15)23-8-7-9-24(14-23)22-19(5)12-16(2)13-20(22)6;1-4-10-16(11-5-1)19(17-12-6-2-7-13-17)18-14-8-3-9-15-18;1-7-5-3-2-4-6-7;;;/h10-13H,7-9H2,1-6H3;16-18H,1-15H2;1-6H;2*1H;/q;;;;;+2/p-2. The Labute approximate surface area is 344 Å². The first-order valence-corrected chi connectivity index (χ1v) is 24.1. The smallest absolute Gasteiger partial charge is 1.00 e. The minimum absolute atomic E-state index is 0. The third-order valence-electron chi connectivity index (χ3n) is 12.1. The summed E-state index contributed by atoms with van der Waals surface area (Å²) in [5.74, 6) is 0. The molecule has 292 valence electrons. The van der Waals surface area contributed by atoms with Gasteiger partial charge in [0.05, 0.1) is 0 Å². The van der Waals surface area contributed by atoms with Crippen molar-refractivity contribution in [1.29, 1.82) is 0 Å². The Kier molecular flexibility index (Phi) is 18.2. The van der Waals surface area contributed by atoms with Gasteiger partial charge in [0, 0.05) is 0 Å². The summed E-state index contributed by atoms with van der Waals surface area (Å²) in [6.07, 6.45) is 24.8. The third kappa shape index (κ3) is 11.6. The van der Waals surface area contributed by atoms with Gasteiger partial charge in [0.25, 0.3) is 0 Å². The Hall–Kier alpha value is -1.37. The van der Waals surface area contributed by atoms with E-state index in [0.29, 0.717) is 7.92 Å². The van der Waals surface area contributed by atoms with Gasteiger partial charge in [-0.05, 0) is 55.5 Å². The molecule has 4 fully saturated rings. The van der Waals surface area contributed by atoms with Crippen LogP contribution in [0.15, 0.2) is 54.6 Å². The maximum absolute atomic E-state index is 2.63. The van der Waals surface area contributed by atoms with Gasteiger partial charge in [0.2, 0.25) is 0 Å². The number of hydrogen-bond acceptors (Lipinski definition) is 2. The van der Waals surface area contributed by atoms with Gasteiger partial charge in [0.15, 0.2) is 0 Å². The molecule has 4 aliphatic rings. The van der Waals surface area contributed by atoms with Gasteiger partial charge in [-0.15, -0.1) is 0 Å². The second kappa shape index (κ2) is 21.8. The molecule has 6 heteroatoms. The number of nitrogens with zero attached hydrogens (tertiary/aromatic N) is 2. The van der Waals surface area contributed by atoms with Crippen LogP contribution < -0.4 is 34.6 Å². The molecule has 0 atom stereocenters. The zero-order valence-corrected chi connectivity index (χ0v) is 37.8. The van der Waals surface area contributed by atoms with Gasteiger partial charge in [0.1, 0.15) is 0 Å². The van der Waals surface area contributed by atoms with Crippen LogP contribution >= 0.6 is 7.92 Å². The molecule has 0 amide bonds. The molecule has 1 aliphatic heterocycles. The fourth-order valence-electron chi connectivity index (χ4n) is 10.1. The van der Waals surface area contributed by atoms with Gasteiger partial charge in [-0.25, -0.2) is 0 Å². The predicted molar refractivity (Wildman–Crippen MR) is 225 cm³/mol. The van der Waals surface area contributed by atoms with E-state index < -0.39 is 0 Å². The summed E-state index contributed by atoms with van der Waals surface area (Å²) in [7, 11) is 0.385. The van der Waals surface area contributed by atoms with Crippen LogP contribution in [0.1, 0.15) is 142 Å². The molecule has 0 aromatic heterocycles. The summed E-state index contributed by atoms with van der Waals surface area (Å²) >= 11 is -0.105. The van der Waals surface area contributed by atoms with E-state index in [9.17, 15) is 0 Å². The largest absolute Gasteiger partial charge is 1.00 e. The first-order valence-electron chi connectivity index (χ1n) is 20.6. The fraction of sp³-hybridized carbons (Fsp3) is 0.574. The van der Waals surface area contributed by atoms with E-state index in [1.807, 2.05) is 0 Å². The summed E-state index contributed by atoms with van der Waals surface area (Å²) in [5.41, 5.74) is 15.9. The molecule has 3 saturated carbocycles. The number of aryl methyl sites for hydroxylation is 6. The van der Waals surface area contributed by atoms with Crippen LogP contribution in [0, 0.1) is 41.5 Å². The Morgan fingerprint density at radius 3 is 1.23 bits per heavy atom. The molecule has 0 bridgehead atoms. The third-order valence-corrected chi connectivity index (χ3v) is 18.4. The van der Waals surface area contributed by atoms with Gasteiger partial charge in [-0.1, -0.05) is 65.7 Å². The van der Waals surface area contributed by atoms with Crippen molar-refractivity contribution in [3.8, 4) is 0 Å². The Morgan fingerprint density at radius 1 is 0.509 bits per heavy atom. The van der Waals surface area contributed by atoms with E-state index in [-0.39, 0.29) is 41.0 Å². The Morgan fingerprint density at radius 2 is 0.868 bits per heavy atom. The number of benzene rings is 3. The van der Waals surface area contributed by atoms with Crippen LogP contribution in [-0.2, 0) is 16.2 Å². The Bertz CT molecular complexity index is 1490. The van der Waals surface area contributed by atoms with Crippen molar-refractivity contribution in [3.05, 3.63) is 93.5 Å². The van der Waals surface area contributed by atoms with Gasteiger partial charge in [-0.2, -0.15) is 0 Å².